The van der Waals surface area contributed by atoms with Crippen LogP contribution in [-0.2, 0) is 6.54 Å². The van der Waals surface area contributed by atoms with Crippen LogP contribution in [0, 0.1) is 6.92 Å². The maximum absolute atomic E-state index is 11.3. The number of hydrogen-bond acceptors (Lipinski definition) is 5. The lowest BCUT2D eigenvalue weighted by Gasteiger charge is -2.24. The molecule has 1 aromatic heterocycles. The molecule has 0 saturated heterocycles. The zero-order valence-electron chi connectivity index (χ0n) is 12.3. The first kappa shape index (κ1) is 15.0. The molecule has 0 aliphatic heterocycles. The number of amides is 1. The number of rotatable bonds is 6. The van der Waals surface area contributed by atoms with Crippen LogP contribution in [0.15, 0.2) is 30.5 Å². The molecule has 0 aliphatic carbocycles. The van der Waals surface area contributed by atoms with Crippen LogP contribution in [0.4, 0.5) is 5.69 Å². The first-order valence-electron chi connectivity index (χ1n) is 6.87. The summed E-state index contributed by atoms with van der Waals surface area (Å²) in [5.41, 5.74) is 4.70. The van der Waals surface area contributed by atoms with Gasteiger partial charge in [0.05, 0.1) is 12.7 Å². The smallest absolute Gasteiger partial charge is 0.287 e. The average Bonchev–Trinajstić information content (AvgIpc) is 2.97. The zero-order valence-corrected chi connectivity index (χ0v) is 12.3. The van der Waals surface area contributed by atoms with Crippen molar-refractivity contribution < 1.29 is 4.79 Å². The van der Waals surface area contributed by atoms with Crippen molar-refractivity contribution in [3.05, 3.63) is 41.7 Å². The standard InChI is InChI=1S/C14H20N6O/c1-3-19(13-7-5-4-6-11(13)2)8-9-20-10-12(17-18-20)14(21)16-15/h4-7,10H,3,8-9,15H2,1-2H3,(H,16,21). The molecular formula is C14H20N6O. The van der Waals surface area contributed by atoms with Gasteiger partial charge in [-0.2, -0.15) is 0 Å². The van der Waals surface area contributed by atoms with Crippen molar-refractivity contribution in [1.82, 2.24) is 20.4 Å². The number of carbonyl (C=O) groups excluding carboxylic acids is 1. The van der Waals surface area contributed by atoms with E-state index in [4.69, 9.17) is 5.84 Å². The number of benzene rings is 1. The van der Waals surface area contributed by atoms with Gasteiger partial charge in [0.1, 0.15) is 0 Å². The highest BCUT2D eigenvalue weighted by molar-refractivity contribution is 5.91. The monoisotopic (exact) mass is 288 g/mol. The summed E-state index contributed by atoms with van der Waals surface area (Å²) in [4.78, 5) is 13.6. The lowest BCUT2D eigenvalue weighted by molar-refractivity contribution is 0.0948. The Morgan fingerprint density at radius 2 is 2.19 bits per heavy atom. The van der Waals surface area contributed by atoms with E-state index in [1.165, 1.54) is 11.3 Å². The Labute approximate surface area is 123 Å². The topological polar surface area (TPSA) is 89.1 Å². The maximum Gasteiger partial charge on any atom is 0.287 e. The van der Waals surface area contributed by atoms with Gasteiger partial charge in [-0.3, -0.25) is 10.2 Å². The van der Waals surface area contributed by atoms with E-state index in [0.29, 0.717) is 6.54 Å². The van der Waals surface area contributed by atoms with E-state index in [-0.39, 0.29) is 5.69 Å². The number of hydrazine groups is 1. The fraction of sp³-hybridized carbons (Fsp3) is 0.357. The van der Waals surface area contributed by atoms with Gasteiger partial charge in [-0.15, -0.1) is 5.10 Å². The quantitative estimate of drug-likeness (QED) is 0.464. The molecule has 0 bridgehead atoms. The third-order valence-corrected chi connectivity index (χ3v) is 3.34. The van der Waals surface area contributed by atoms with Crippen LogP contribution >= 0.6 is 0 Å². The Hall–Kier alpha value is -2.41. The predicted octanol–water partition coefficient (Wildman–Crippen LogP) is 0.717. The van der Waals surface area contributed by atoms with Crippen molar-refractivity contribution in [3.63, 3.8) is 0 Å². The van der Waals surface area contributed by atoms with E-state index in [9.17, 15) is 4.79 Å². The van der Waals surface area contributed by atoms with Crippen molar-refractivity contribution in [2.75, 3.05) is 18.0 Å². The van der Waals surface area contributed by atoms with Crippen LogP contribution in [0.3, 0.4) is 0 Å². The van der Waals surface area contributed by atoms with E-state index < -0.39 is 5.91 Å². The number of nitrogens with two attached hydrogens (primary N) is 1. The number of likely N-dealkylation sites (N-methyl/N-ethyl adjacent to an activating group) is 1. The van der Waals surface area contributed by atoms with Crippen molar-refractivity contribution in [3.8, 4) is 0 Å². The number of aryl methyl sites for hydroxylation is 1. The molecule has 0 atom stereocenters. The van der Waals surface area contributed by atoms with Crippen LogP contribution in [0.5, 0.6) is 0 Å². The highest BCUT2D eigenvalue weighted by Crippen LogP contribution is 2.18. The number of nitrogen functional groups attached to an aromatic ring is 1. The molecule has 3 N–H and O–H groups in total. The summed E-state index contributed by atoms with van der Waals surface area (Å²) < 4.78 is 1.64. The number of hydrogen-bond donors (Lipinski definition) is 2. The SMILES string of the molecule is CCN(CCn1cc(C(=O)NN)nn1)c1ccccc1C. The third-order valence-electron chi connectivity index (χ3n) is 3.34. The minimum absolute atomic E-state index is 0.219. The van der Waals surface area contributed by atoms with E-state index >= 15 is 0 Å². The van der Waals surface area contributed by atoms with Gasteiger partial charge in [0.2, 0.25) is 0 Å². The van der Waals surface area contributed by atoms with Gasteiger partial charge in [-0.05, 0) is 25.5 Å². The Kier molecular flexibility index (Phi) is 4.89. The van der Waals surface area contributed by atoms with Gasteiger partial charge in [0.15, 0.2) is 5.69 Å². The van der Waals surface area contributed by atoms with Gasteiger partial charge >= 0.3 is 0 Å². The largest absolute Gasteiger partial charge is 0.370 e. The first-order chi connectivity index (χ1) is 10.2. The maximum atomic E-state index is 11.3. The summed E-state index contributed by atoms with van der Waals surface area (Å²) in [6.45, 7) is 6.54. The van der Waals surface area contributed by atoms with Crippen LogP contribution < -0.4 is 16.2 Å². The van der Waals surface area contributed by atoms with Gasteiger partial charge in [0, 0.05) is 18.8 Å². The molecule has 21 heavy (non-hydrogen) atoms. The number of anilines is 1. The van der Waals surface area contributed by atoms with Crippen molar-refractivity contribution in [2.45, 2.75) is 20.4 Å². The molecule has 7 nitrogen and oxygen atoms in total. The Bertz CT molecular complexity index is 609. The molecule has 0 unspecified atom stereocenters. The van der Waals surface area contributed by atoms with Crippen molar-refractivity contribution >= 4 is 11.6 Å². The Morgan fingerprint density at radius 1 is 1.43 bits per heavy atom. The fourth-order valence-electron chi connectivity index (χ4n) is 2.18. The molecule has 0 spiro atoms. The second kappa shape index (κ2) is 6.85. The van der Waals surface area contributed by atoms with Crippen LogP contribution in [-0.4, -0.2) is 34.0 Å². The number of nitrogens with one attached hydrogen (secondary N) is 1. The average molecular weight is 288 g/mol. The molecule has 0 radical (unpaired) electrons. The molecule has 112 valence electrons. The molecule has 2 rings (SSSR count). The molecule has 1 amide bonds. The predicted molar refractivity (Wildman–Crippen MR) is 80.7 cm³/mol. The summed E-state index contributed by atoms with van der Waals surface area (Å²) >= 11 is 0. The second-order valence-electron chi connectivity index (χ2n) is 4.71. The van der Waals surface area contributed by atoms with E-state index in [0.717, 1.165) is 13.1 Å². The molecule has 0 fully saturated rings. The summed E-state index contributed by atoms with van der Waals surface area (Å²) in [6, 6.07) is 8.26. The first-order valence-corrected chi connectivity index (χ1v) is 6.87. The summed E-state index contributed by atoms with van der Waals surface area (Å²) in [6.07, 6.45) is 1.59. The highest BCUT2D eigenvalue weighted by Gasteiger charge is 2.10. The van der Waals surface area contributed by atoms with Crippen molar-refractivity contribution in [1.29, 1.82) is 0 Å². The van der Waals surface area contributed by atoms with Gasteiger partial charge in [0.25, 0.3) is 5.91 Å². The van der Waals surface area contributed by atoms with E-state index in [1.54, 1.807) is 10.9 Å². The van der Waals surface area contributed by atoms with Gasteiger partial charge in [-0.25, -0.2) is 10.5 Å². The molecule has 1 aromatic carbocycles. The van der Waals surface area contributed by atoms with E-state index in [1.807, 2.05) is 17.6 Å². The Balaban J connectivity index is 2.02. The molecule has 0 saturated carbocycles. The van der Waals surface area contributed by atoms with E-state index in [2.05, 4.69) is 41.2 Å². The third kappa shape index (κ3) is 3.57. The van der Waals surface area contributed by atoms with Crippen LogP contribution in [0.1, 0.15) is 23.0 Å². The lowest BCUT2D eigenvalue weighted by atomic mass is 10.2. The lowest BCUT2D eigenvalue weighted by Crippen LogP contribution is -2.30. The number of para-hydroxylation sites is 1. The number of nitrogens with zero attached hydrogens (tertiary/aromatic N) is 4. The minimum Gasteiger partial charge on any atom is -0.370 e. The molecule has 1 heterocycles. The number of aromatic nitrogens is 3. The molecule has 2 aromatic rings. The fourth-order valence-corrected chi connectivity index (χ4v) is 2.18. The van der Waals surface area contributed by atoms with Crippen LogP contribution in [0.2, 0.25) is 0 Å². The van der Waals surface area contributed by atoms with Gasteiger partial charge < -0.3 is 4.90 Å². The van der Waals surface area contributed by atoms with Gasteiger partial charge in [-0.1, -0.05) is 23.4 Å². The summed E-state index contributed by atoms with van der Waals surface area (Å²) in [5, 5.41) is 7.71. The highest BCUT2D eigenvalue weighted by atomic mass is 16.2. The Morgan fingerprint density at radius 3 is 2.86 bits per heavy atom. The second-order valence-corrected chi connectivity index (χ2v) is 4.71. The van der Waals surface area contributed by atoms with Crippen LogP contribution in [0.25, 0.3) is 0 Å². The summed E-state index contributed by atoms with van der Waals surface area (Å²) in [5.74, 6) is 4.63. The molecule has 0 aliphatic rings. The molecule has 7 heteroatoms. The molecular weight excluding hydrogens is 268 g/mol. The van der Waals surface area contributed by atoms with Crippen molar-refractivity contribution in [2.24, 2.45) is 5.84 Å². The zero-order chi connectivity index (χ0) is 15.2. The normalized spacial score (nSPS) is 10.4. The minimum atomic E-state index is -0.437. The summed E-state index contributed by atoms with van der Waals surface area (Å²) in [7, 11) is 0. The number of carbonyl (C=O) groups is 1.